The van der Waals surface area contributed by atoms with Crippen LogP contribution < -0.4 is 20.1 Å². The number of likely N-dealkylation sites (tertiary alicyclic amines) is 1. The Kier molecular flexibility index (Phi) is 12.6. The van der Waals surface area contributed by atoms with Crippen molar-refractivity contribution >= 4 is 24.2 Å². The van der Waals surface area contributed by atoms with Crippen LogP contribution in [-0.4, -0.2) is 62.2 Å². The molecule has 0 spiro atoms. The van der Waals surface area contributed by atoms with E-state index in [1.165, 1.54) is 0 Å². The highest BCUT2D eigenvalue weighted by Gasteiger charge is 2.40. The van der Waals surface area contributed by atoms with E-state index in [9.17, 15) is 18.4 Å². The van der Waals surface area contributed by atoms with E-state index in [2.05, 4.69) is 15.5 Å². The Morgan fingerprint density at radius 1 is 0.889 bits per heavy atom. The van der Waals surface area contributed by atoms with E-state index in [0.717, 1.165) is 60.9 Å². The minimum atomic E-state index is -0.822. The first-order chi connectivity index (χ1) is 21.4. The predicted octanol–water partition coefficient (Wildman–Crippen LogP) is 5.28. The summed E-state index contributed by atoms with van der Waals surface area (Å²) in [4.78, 5) is 28.5. The van der Waals surface area contributed by atoms with Crippen molar-refractivity contribution in [3.8, 4) is 11.5 Å². The van der Waals surface area contributed by atoms with Crippen molar-refractivity contribution in [1.82, 2.24) is 15.5 Å². The molecule has 0 aromatic heterocycles. The van der Waals surface area contributed by atoms with E-state index in [1.807, 2.05) is 48.5 Å². The second-order valence-corrected chi connectivity index (χ2v) is 11.4. The van der Waals surface area contributed by atoms with Gasteiger partial charge in [-0.25, -0.2) is 8.78 Å². The Hall–Kier alpha value is -3.73. The van der Waals surface area contributed by atoms with Crippen LogP contribution in [0.15, 0.2) is 66.7 Å². The Bertz CT molecular complexity index is 1400. The maximum Gasteiger partial charge on any atom is 0.251 e. The van der Waals surface area contributed by atoms with Crippen LogP contribution >= 0.6 is 12.4 Å². The highest BCUT2D eigenvalue weighted by atomic mass is 35.5. The fourth-order valence-corrected chi connectivity index (χ4v) is 5.43. The molecule has 1 aliphatic carbocycles. The number of methoxy groups -OCH3 is 1. The van der Waals surface area contributed by atoms with E-state index in [1.54, 1.807) is 7.11 Å². The smallest absolute Gasteiger partial charge is 0.251 e. The van der Waals surface area contributed by atoms with Crippen LogP contribution in [0.4, 0.5) is 8.78 Å². The molecule has 3 aromatic carbocycles. The summed E-state index contributed by atoms with van der Waals surface area (Å²) in [5, 5.41) is 5.88. The molecule has 2 atom stereocenters. The molecule has 8 nitrogen and oxygen atoms in total. The Morgan fingerprint density at radius 3 is 2.36 bits per heavy atom. The van der Waals surface area contributed by atoms with Gasteiger partial charge < -0.3 is 24.8 Å². The highest BCUT2D eigenvalue weighted by molar-refractivity contribution is 5.95. The number of nitrogens with zero attached hydrogens (tertiary/aromatic N) is 1. The molecule has 2 N–H and O–H groups in total. The monoisotopic (exact) mass is 643 g/mol. The van der Waals surface area contributed by atoms with E-state index in [4.69, 9.17) is 14.2 Å². The zero-order valence-electron chi connectivity index (χ0n) is 25.3. The summed E-state index contributed by atoms with van der Waals surface area (Å²) >= 11 is 0. The van der Waals surface area contributed by atoms with Crippen LogP contribution in [0.1, 0.15) is 47.2 Å². The molecule has 2 unspecified atom stereocenters. The predicted molar refractivity (Wildman–Crippen MR) is 169 cm³/mol. The lowest BCUT2D eigenvalue weighted by molar-refractivity contribution is -0.127. The van der Waals surface area contributed by atoms with Gasteiger partial charge in [0.1, 0.15) is 29.7 Å². The number of hydrogen-bond acceptors (Lipinski definition) is 6. The molecule has 2 amide bonds. The van der Waals surface area contributed by atoms with Gasteiger partial charge in [0.05, 0.1) is 12.5 Å². The van der Waals surface area contributed by atoms with Crippen LogP contribution in [-0.2, 0) is 22.7 Å². The lowest BCUT2D eigenvalue weighted by atomic mass is 9.90. The maximum absolute atomic E-state index is 13.7. The normalized spacial score (nSPS) is 18.0. The van der Waals surface area contributed by atoms with Crippen molar-refractivity contribution in [2.45, 2.75) is 50.9 Å². The molecule has 242 valence electrons. The number of hydrogen-bond donors (Lipinski definition) is 2. The van der Waals surface area contributed by atoms with Gasteiger partial charge in [0.2, 0.25) is 5.91 Å². The largest absolute Gasteiger partial charge is 0.493 e. The standard InChI is InChI=1S/C34H39F2N3O5.ClH/c1-42-14-3-15-43-30-5-2-4-24(16-30)22-44-29-10-6-23(7-11-29)20-37-34(41)31-21-39(28-8-9-28)13-12-32(31)38-33(40)25-17-26(35)19-27(36)18-25;/h2,4-7,10-11,16-19,28,31-32H,3,8-9,12-15,20-22H2,1H3,(H,37,41)(H,38,40);1H. The van der Waals surface area contributed by atoms with E-state index < -0.39 is 29.5 Å². The third-order valence-corrected chi connectivity index (χ3v) is 7.94. The Morgan fingerprint density at radius 2 is 1.64 bits per heavy atom. The molecule has 5 rings (SSSR count). The molecule has 1 saturated carbocycles. The average molecular weight is 644 g/mol. The highest BCUT2D eigenvalue weighted by Crippen LogP contribution is 2.31. The Balaban J connectivity index is 0.00000461. The summed E-state index contributed by atoms with van der Waals surface area (Å²) in [5.74, 6) is -1.41. The Labute approximate surface area is 268 Å². The first kappa shape index (κ1) is 34.1. The van der Waals surface area contributed by atoms with Gasteiger partial charge in [-0.1, -0.05) is 24.3 Å². The second kappa shape index (κ2) is 16.5. The molecule has 2 aliphatic rings. The molecule has 1 heterocycles. The fraction of sp³-hybridized carbons (Fsp3) is 0.412. The topological polar surface area (TPSA) is 89.1 Å². The van der Waals surface area contributed by atoms with Gasteiger partial charge in [-0.3, -0.25) is 14.5 Å². The third kappa shape index (κ3) is 10.1. The summed E-state index contributed by atoms with van der Waals surface area (Å²) in [6.07, 6.45) is 3.61. The summed E-state index contributed by atoms with van der Waals surface area (Å²) < 4.78 is 44.1. The van der Waals surface area contributed by atoms with E-state index in [0.29, 0.717) is 51.1 Å². The van der Waals surface area contributed by atoms with Crippen LogP contribution in [0.2, 0.25) is 0 Å². The van der Waals surface area contributed by atoms with Gasteiger partial charge in [-0.05, 0) is 66.8 Å². The molecule has 1 aliphatic heterocycles. The van der Waals surface area contributed by atoms with Gasteiger partial charge in [0.15, 0.2) is 0 Å². The lowest BCUT2D eigenvalue weighted by Crippen LogP contribution is -2.56. The first-order valence-electron chi connectivity index (χ1n) is 15.1. The second-order valence-electron chi connectivity index (χ2n) is 11.4. The number of carbonyl (C=O) groups is 2. The summed E-state index contributed by atoms with van der Waals surface area (Å²) in [5.41, 5.74) is 1.79. The SMILES string of the molecule is COCCCOc1cccc(COc2ccc(CNC(=O)C3CN(C4CC4)CCC3NC(=O)c3cc(F)cc(F)c3)cc2)c1.Cl. The van der Waals surface area contributed by atoms with Crippen molar-refractivity contribution in [2.75, 3.05) is 33.4 Å². The number of rotatable bonds is 14. The number of amides is 2. The first-order valence-corrected chi connectivity index (χ1v) is 15.1. The molecule has 0 radical (unpaired) electrons. The zero-order valence-corrected chi connectivity index (χ0v) is 26.1. The van der Waals surface area contributed by atoms with Crippen molar-refractivity contribution < 1.29 is 32.6 Å². The fourth-order valence-electron chi connectivity index (χ4n) is 5.43. The molecule has 45 heavy (non-hydrogen) atoms. The number of piperidine rings is 1. The number of nitrogens with one attached hydrogen (secondary N) is 2. The summed E-state index contributed by atoms with van der Waals surface area (Å²) in [6.45, 7) is 3.22. The van der Waals surface area contributed by atoms with Gasteiger partial charge in [0.25, 0.3) is 5.91 Å². The van der Waals surface area contributed by atoms with Gasteiger partial charge in [0, 0.05) is 63.5 Å². The van der Waals surface area contributed by atoms with Crippen LogP contribution in [0.25, 0.3) is 0 Å². The average Bonchev–Trinajstić information content (AvgIpc) is 3.87. The van der Waals surface area contributed by atoms with Crippen LogP contribution in [0.5, 0.6) is 11.5 Å². The number of carbonyl (C=O) groups excluding carboxylic acids is 2. The van der Waals surface area contributed by atoms with E-state index in [-0.39, 0.29) is 23.9 Å². The summed E-state index contributed by atoms with van der Waals surface area (Å²) in [6, 6.07) is 18.1. The van der Waals surface area contributed by atoms with Gasteiger partial charge in [-0.15, -0.1) is 12.4 Å². The van der Waals surface area contributed by atoms with Crippen LogP contribution in [0, 0.1) is 17.6 Å². The third-order valence-electron chi connectivity index (χ3n) is 7.94. The summed E-state index contributed by atoms with van der Waals surface area (Å²) in [7, 11) is 1.67. The van der Waals surface area contributed by atoms with Gasteiger partial charge >= 0.3 is 0 Å². The molecule has 11 heteroatoms. The maximum atomic E-state index is 13.7. The van der Waals surface area contributed by atoms with Crippen LogP contribution in [0.3, 0.4) is 0 Å². The van der Waals surface area contributed by atoms with Gasteiger partial charge in [-0.2, -0.15) is 0 Å². The van der Waals surface area contributed by atoms with E-state index >= 15 is 0 Å². The number of ether oxygens (including phenoxy) is 3. The number of halogens is 3. The molecular weight excluding hydrogens is 604 g/mol. The van der Waals surface area contributed by atoms with Crippen molar-refractivity contribution in [2.24, 2.45) is 5.92 Å². The minimum absolute atomic E-state index is 0. The zero-order chi connectivity index (χ0) is 30.9. The van der Waals surface area contributed by atoms with Crippen molar-refractivity contribution in [3.05, 3.63) is 95.1 Å². The quantitative estimate of drug-likeness (QED) is 0.233. The van der Waals surface area contributed by atoms with Crippen molar-refractivity contribution in [3.63, 3.8) is 0 Å². The molecular formula is C34H40ClF2N3O5. The van der Waals surface area contributed by atoms with Crippen molar-refractivity contribution in [1.29, 1.82) is 0 Å². The minimum Gasteiger partial charge on any atom is -0.493 e. The lowest BCUT2D eigenvalue weighted by Gasteiger charge is -2.38. The molecule has 3 aromatic rings. The molecule has 1 saturated heterocycles. The molecule has 0 bridgehead atoms. The number of benzene rings is 3. The molecule has 2 fully saturated rings.